The number of hydrogen-bond acceptors (Lipinski definition) is 2. The van der Waals surface area contributed by atoms with E-state index in [9.17, 15) is 4.39 Å². The standard InChI is InChI=1S/C14H13BrClFN2/c1-14(2,3)11-7-12(16)19-13(18-11)9-5-4-8(17)6-10(9)15/h4-7H,1-3H3. The molecule has 2 aromatic rings. The van der Waals surface area contributed by atoms with E-state index in [0.29, 0.717) is 15.5 Å². The predicted octanol–water partition coefficient (Wildman–Crippen LogP) is 5.00. The maximum atomic E-state index is 13.1. The van der Waals surface area contributed by atoms with Crippen molar-refractivity contribution >= 4 is 27.5 Å². The predicted molar refractivity (Wildman–Crippen MR) is 78.8 cm³/mol. The van der Waals surface area contributed by atoms with Gasteiger partial charge in [-0.15, -0.1) is 0 Å². The molecule has 0 unspecified atom stereocenters. The first kappa shape index (κ1) is 14.4. The molecule has 0 atom stereocenters. The third kappa shape index (κ3) is 3.31. The van der Waals surface area contributed by atoms with Crippen molar-refractivity contribution in [3.8, 4) is 11.4 Å². The van der Waals surface area contributed by atoms with Crippen molar-refractivity contribution in [1.82, 2.24) is 9.97 Å². The summed E-state index contributed by atoms with van der Waals surface area (Å²) >= 11 is 9.37. The molecular weight excluding hydrogens is 331 g/mol. The minimum absolute atomic E-state index is 0.131. The molecule has 2 rings (SSSR count). The van der Waals surface area contributed by atoms with Gasteiger partial charge in [0, 0.05) is 15.5 Å². The van der Waals surface area contributed by atoms with Gasteiger partial charge >= 0.3 is 0 Å². The Bertz CT molecular complexity index is 623. The quantitative estimate of drug-likeness (QED) is 0.681. The zero-order valence-corrected chi connectivity index (χ0v) is 13.2. The molecule has 0 aliphatic rings. The van der Waals surface area contributed by atoms with Gasteiger partial charge in [-0.3, -0.25) is 0 Å². The molecule has 0 aliphatic heterocycles. The molecule has 0 fully saturated rings. The van der Waals surface area contributed by atoms with E-state index in [2.05, 4.69) is 46.7 Å². The second-order valence-electron chi connectivity index (χ2n) is 5.27. The summed E-state index contributed by atoms with van der Waals surface area (Å²) in [7, 11) is 0. The second kappa shape index (κ2) is 5.17. The molecule has 2 nitrogen and oxygen atoms in total. The lowest BCUT2D eigenvalue weighted by molar-refractivity contribution is 0.568. The third-order valence-corrected chi connectivity index (χ3v) is 3.49. The van der Waals surface area contributed by atoms with Crippen LogP contribution in [0.3, 0.4) is 0 Å². The number of nitrogens with zero attached hydrogens (tertiary/aromatic N) is 2. The van der Waals surface area contributed by atoms with Crippen molar-refractivity contribution in [3.05, 3.63) is 45.4 Å². The molecule has 1 aromatic heterocycles. The van der Waals surface area contributed by atoms with E-state index in [1.165, 1.54) is 12.1 Å². The van der Waals surface area contributed by atoms with Gasteiger partial charge in [-0.1, -0.05) is 32.4 Å². The number of rotatable bonds is 1. The summed E-state index contributed by atoms with van der Waals surface area (Å²) in [6.45, 7) is 6.15. The van der Waals surface area contributed by atoms with Crippen molar-refractivity contribution in [3.63, 3.8) is 0 Å². The zero-order chi connectivity index (χ0) is 14.2. The summed E-state index contributed by atoms with van der Waals surface area (Å²) in [5.74, 6) is 0.179. The SMILES string of the molecule is CC(C)(C)c1cc(Cl)nc(-c2ccc(F)cc2Br)n1. The normalized spacial score (nSPS) is 11.7. The molecule has 19 heavy (non-hydrogen) atoms. The van der Waals surface area contributed by atoms with Crippen LogP contribution in [0.5, 0.6) is 0 Å². The van der Waals surface area contributed by atoms with Crippen molar-refractivity contribution in [2.24, 2.45) is 0 Å². The highest BCUT2D eigenvalue weighted by Gasteiger charge is 2.19. The van der Waals surface area contributed by atoms with Crippen LogP contribution in [0.2, 0.25) is 5.15 Å². The summed E-state index contributed by atoms with van der Waals surface area (Å²) in [5.41, 5.74) is 1.43. The molecule has 100 valence electrons. The Labute approximate surface area is 125 Å². The van der Waals surface area contributed by atoms with Gasteiger partial charge < -0.3 is 0 Å². The first-order valence-electron chi connectivity index (χ1n) is 5.78. The van der Waals surface area contributed by atoms with Crippen molar-refractivity contribution < 1.29 is 4.39 Å². The fourth-order valence-corrected chi connectivity index (χ4v) is 2.30. The number of aromatic nitrogens is 2. The summed E-state index contributed by atoms with van der Waals surface area (Å²) in [4.78, 5) is 8.73. The molecular formula is C14H13BrClFN2. The van der Waals surface area contributed by atoms with Gasteiger partial charge in [0.05, 0.1) is 5.69 Å². The van der Waals surface area contributed by atoms with Crippen molar-refractivity contribution in [2.75, 3.05) is 0 Å². The van der Waals surface area contributed by atoms with Crippen LogP contribution in [0.1, 0.15) is 26.5 Å². The molecule has 1 aromatic carbocycles. The van der Waals surface area contributed by atoms with E-state index >= 15 is 0 Å². The molecule has 0 N–H and O–H groups in total. The van der Waals surface area contributed by atoms with Crippen molar-refractivity contribution in [1.29, 1.82) is 0 Å². The lowest BCUT2D eigenvalue weighted by Gasteiger charge is -2.18. The highest BCUT2D eigenvalue weighted by molar-refractivity contribution is 9.10. The smallest absolute Gasteiger partial charge is 0.162 e. The van der Waals surface area contributed by atoms with E-state index in [1.807, 2.05) is 0 Å². The van der Waals surface area contributed by atoms with E-state index in [0.717, 1.165) is 11.3 Å². The summed E-state index contributed by atoms with van der Waals surface area (Å²) < 4.78 is 13.7. The average molecular weight is 344 g/mol. The Morgan fingerprint density at radius 1 is 1.16 bits per heavy atom. The topological polar surface area (TPSA) is 25.8 Å². The first-order chi connectivity index (χ1) is 8.77. The largest absolute Gasteiger partial charge is 0.232 e. The highest BCUT2D eigenvalue weighted by atomic mass is 79.9. The van der Waals surface area contributed by atoms with Crippen LogP contribution >= 0.6 is 27.5 Å². The van der Waals surface area contributed by atoms with Crippen molar-refractivity contribution in [2.45, 2.75) is 26.2 Å². The van der Waals surface area contributed by atoms with Gasteiger partial charge in [0.1, 0.15) is 11.0 Å². The molecule has 0 saturated carbocycles. The fraction of sp³-hybridized carbons (Fsp3) is 0.286. The van der Waals surface area contributed by atoms with Gasteiger partial charge in [-0.2, -0.15) is 0 Å². The van der Waals surface area contributed by atoms with Crippen LogP contribution in [-0.2, 0) is 5.41 Å². The van der Waals surface area contributed by atoms with E-state index < -0.39 is 0 Å². The number of halogens is 3. The number of benzene rings is 1. The molecule has 0 bridgehead atoms. The Kier molecular flexibility index (Phi) is 3.92. The fourth-order valence-electron chi connectivity index (χ4n) is 1.59. The lowest BCUT2D eigenvalue weighted by Crippen LogP contribution is -2.14. The van der Waals surface area contributed by atoms with E-state index in [4.69, 9.17) is 11.6 Å². The molecule has 0 aliphatic carbocycles. The van der Waals surface area contributed by atoms with Crippen LogP contribution in [0.4, 0.5) is 4.39 Å². The van der Waals surface area contributed by atoms with Crippen LogP contribution in [-0.4, -0.2) is 9.97 Å². The average Bonchev–Trinajstić information content (AvgIpc) is 2.26. The van der Waals surface area contributed by atoms with Crippen LogP contribution < -0.4 is 0 Å². The van der Waals surface area contributed by atoms with E-state index in [1.54, 1.807) is 12.1 Å². The zero-order valence-electron chi connectivity index (χ0n) is 10.8. The monoisotopic (exact) mass is 342 g/mol. The summed E-state index contributed by atoms with van der Waals surface area (Å²) in [6.07, 6.45) is 0. The maximum absolute atomic E-state index is 13.1. The van der Waals surface area contributed by atoms with Crippen LogP contribution in [0, 0.1) is 5.82 Å². The first-order valence-corrected chi connectivity index (χ1v) is 6.95. The van der Waals surface area contributed by atoms with Crippen LogP contribution in [0.15, 0.2) is 28.7 Å². The minimum Gasteiger partial charge on any atom is -0.232 e. The molecule has 0 radical (unpaired) electrons. The lowest BCUT2D eigenvalue weighted by atomic mass is 9.92. The van der Waals surface area contributed by atoms with E-state index in [-0.39, 0.29) is 11.2 Å². The van der Waals surface area contributed by atoms with Gasteiger partial charge in [0.2, 0.25) is 0 Å². The second-order valence-corrected chi connectivity index (χ2v) is 6.52. The Balaban J connectivity index is 2.59. The van der Waals surface area contributed by atoms with Crippen LogP contribution in [0.25, 0.3) is 11.4 Å². The Morgan fingerprint density at radius 3 is 2.42 bits per heavy atom. The summed E-state index contributed by atoms with van der Waals surface area (Å²) in [6, 6.07) is 6.15. The molecule has 0 saturated heterocycles. The Morgan fingerprint density at radius 2 is 1.84 bits per heavy atom. The van der Waals surface area contributed by atoms with Gasteiger partial charge in [-0.05, 0) is 40.2 Å². The summed E-state index contributed by atoms with van der Waals surface area (Å²) in [5, 5.41) is 0.381. The number of hydrogen-bond donors (Lipinski definition) is 0. The minimum atomic E-state index is -0.311. The molecule has 5 heteroatoms. The molecule has 0 amide bonds. The van der Waals surface area contributed by atoms with Gasteiger partial charge in [-0.25, -0.2) is 14.4 Å². The van der Waals surface area contributed by atoms with Gasteiger partial charge in [0.15, 0.2) is 5.82 Å². The maximum Gasteiger partial charge on any atom is 0.162 e. The third-order valence-electron chi connectivity index (χ3n) is 2.64. The molecule has 0 spiro atoms. The Hall–Kier alpha value is -1.000. The molecule has 1 heterocycles. The highest BCUT2D eigenvalue weighted by Crippen LogP contribution is 2.30. The van der Waals surface area contributed by atoms with Gasteiger partial charge in [0.25, 0.3) is 0 Å².